The summed E-state index contributed by atoms with van der Waals surface area (Å²) in [6, 6.07) is 6.42. The molecule has 1 aliphatic heterocycles. The van der Waals surface area contributed by atoms with E-state index in [-0.39, 0.29) is 17.6 Å². The number of carboxylic acids is 1. The summed E-state index contributed by atoms with van der Waals surface area (Å²) in [7, 11) is 0. The van der Waals surface area contributed by atoms with Gasteiger partial charge in [0, 0.05) is 25.8 Å². The number of hydrogen-bond acceptors (Lipinski definition) is 3. The second kappa shape index (κ2) is 7.75. The topological polar surface area (TPSA) is 66.8 Å². The summed E-state index contributed by atoms with van der Waals surface area (Å²) in [5.74, 6) is -1.01. The molecule has 22 heavy (non-hydrogen) atoms. The van der Waals surface area contributed by atoms with Gasteiger partial charge in [-0.15, -0.1) is 0 Å². The molecule has 1 saturated heterocycles. The van der Waals surface area contributed by atoms with E-state index in [2.05, 4.69) is 0 Å². The fraction of sp³-hybridized carbons (Fsp3) is 0.412. The van der Waals surface area contributed by atoms with Crippen LogP contribution in [0.15, 0.2) is 30.3 Å². The van der Waals surface area contributed by atoms with Crippen molar-refractivity contribution >= 4 is 18.0 Å². The fourth-order valence-corrected chi connectivity index (χ4v) is 2.42. The predicted molar refractivity (Wildman–Crippen MR) is 83.7 cm³/mol. The third-order valence-electron chi connectivity index (χ3n) is 3.72. The first kappa shape index (κ1) is 16.2. The summed E-state index contributed by atoms with van der Waals surface area (Å²) >= 11 is 0. The molecular weight excluding hydrogens is 282 g/mol. The number of likely N-dealkylation sites (N-methyl/N-ethyl adjacent to an activating group) is 1. The Morgan fingerprint density at radius 2 is 2.09 bits per heavy atom. The van der Waals surface area contributed by atoms with Crippen LogP contribution in [0, 0.1) is 0 Å². The Kier molecular flexibility index (Phi) is 5.72. The normalized spacial score (nSPS) is 17.8. The number of nitrogens with zero attached hydrogens (tertiary/aromatic N) is 1. The van der Waals surface area contributed by atoms with Gasteiger partial charge in [-0.3, -0.25) is 4.79 Å². The predicted octanol–water partition coefficient (Wildman–Crippen LogP) is 2.43. The molecule has 5 nitrogen and oxygen atoms in total. The van der Waals surface area contributed by atoms with E-state index in [9.17, 15) is 9.59 Å². The van der Waals surface area contributed by atoms with Gasteiger partial charge in [0.15, 0.2) is 0 Å². The van der Waals surface area contributed by atoms with Crippen molar-refractivity contribution in [2.24, 2.45) is 0 Å². The zero-order valence-corrected chi connectivity index (χ0v) is 12.7. The lowest BCUT2D eigenvalue weighted by atomic mass is 10.1. The van der Waals surface area contributed by atoms with Gasteiger partial charge in [0.05, 0.1) is 11.7 Å². The molecule has 0 radical (unpaired) electrons. The summed E-state index contributed by atoms with van der Waals surface area (Å²) in [6.07, 6.45) is 5.43. The van der Waals surface area contributed by atoms with Crippen molar-refractivity contribution < 1.29 is 19.4 Å². The number of carbonyl (C=O) groups excluding carboxylic acids is 1. The summed E-state index contributed by atoms with van der Waals surface area (Å²) in [5, 5.41) is 8.84. The zero-order valence-electron chi connectivity index (χ0n) is 12.7. The van der Waals surface area contributed by atoms with Crippen LogP contribution in [-0.2, 0) is 9.53 Å². The molecule has 1 amide bonds. The Hall–Kier alpha value is -2.14. The Morgan fingerprint density at radius 3 is 2.64 bits per heavy atom. The van der Waals surface area contributed by atoms with Gasteiger partial charge in [-0.2, -0.15) is 0 Å². The van der Waals surface area contributed by atoms with Crippen molar-refractivity contribution in [1.29, 1.82) is 0 Å². The number of ether oxygens (including phenoxy) is 1. The monoisotopic (exact) mass is 303 g/mol. The number of hydrogen-bond donors (Lipinski definition) is 1. The third kappa shape index (κ3) is 4.43. The van der Waals surface area contributed by atoms with E-state index in [4.69, 9.17) is 9.84 Å². The highest BCUT2D eigenvalue weighted by Crippen LogP contribution is 2.14. The number of benzene rings is 1. The summed E-state index contributed by atoms with van der Waals surface area (Å²) in [5.41, 5.74) is 1.03. The van der Waals surface area contributed by atoms with Crippen LogP contribution >= 0.6 is 0 Å². The summed E-state index contributed by atoms with van der Waals surface area (Å²) < 4.78 is 5.56. The minimum absolute atomic E-state index is 0.0553. The number of rotatable bonds is 6. The van der Waals surface area contributed by atoms with E-state index in [1.54, 1.807) is 23.1 Å². The number of amides is 1. The van der Waals surface area contributed by atoms with Crippen molar-refractivity contribution in [2.45, 2.75) is 25.9 Å². The molecular formula is C17H21NO4. The van der Waals surface area contributed by atoms with E-state index < -0.39 is 5.97 Å². The molecule has 0 saturated carbocycles. The molecule has 1 unspecified atom stereocenters. The average molecular weight is 303 g/mol. The second-order valence-corrected chi connectivity index (χ2v) is 5.27. The van der Waals surface area contributed by atoms with Gasteiger partial charge in [0.25, 0.3) is 0 Å². The Morgan fingerprint density at radius 1 is 1.36 bits per heavy atom. The molecule has 0 aliphatic carbocycles. The van der Waals surface area contributed by atoms with Gasteiger partial charge in [0.1, 0.15) is 0 Å². The van der Waals surface area contributed by atoms with Gasteiger partial charge in [-0.1, -0.05) is 12.1 Å². The van der Waals surface area contributed by atoms with Gasteiger partial charge >= 0.3 is 5.97 Å². The molecule has 0 bridgehead atoms. The van der Waals surface area contributed by atoms with E-state index in [0.29, 0.717) is 13.1 Å². The molecule has 1 atom stereocenters. The van der Waals surface area contributed by atoms with Crippen LogP contribution in [-0.4, -0.2) is 47.7 Å². The van der Waals surface area contributed by atoms with Crippen LogP contribution in [0.25, 0.3) is 6.08 Å². The molecule has 0 spiro atoms. The van der Waals surface area contributed by atoms with Crippen molar-refractivity contribution in [1.82, 2.24) is 4.90 Å². The lowest BCUT2D eigenvalue weighted by Gasteiger charge is -2.22. The maximum atomic E-state index is 12.2. The lowest BCUT2D eigenvalue weighted by molar-refractivity contribution is -0.127. The first-order chi connectivity index (χ1) is 10.6. The van der Waals surface area contributed by atoms with Crippen LogP contribution in [0.2, 0.25) is 0 Å². The van der Waals surface area contributed by atoms with Crippen LogP contribution in [0.5, 0.6) is 0 Å². The highest BCUT2D eigenvalue weighted by molar-refractivity contribution is 5.92. The molecule has 5 heteroatoms. The average Bonchev–Trinajstić information content (AvgIpc) is 3.03. The first-order valence-electron chi connectivity index (χ1n) is 7.52. The van der Waals surface area contributed by atoms with Crippen LogP contribution in [0.1, 0.15) is 35.7 Å². The molecule has 1 aromatic carbocycles. The Bertz CT molecular complexity index is 544. The molecule has 1 aliphatic rings. The number of aromatic carboxylic acids is 1. The van der Waals surface area contributed by atoms with E-state index in [0.717, 1.165) is 25.0 Å². The Labute approximate surface area is 130 Å². The third-order valence-corrected chi connectivity index (χ3v) is 3.72. The van der Waals surface area contributed by atoms with E-state index >= 15 is 0 Å². The fourth-order valence-electron chi connectivity index (χ4n) is 2.42. The quantitative estimate of drug-likeness (QED) is 0.820. The van der Waals surface area contributed by atoms with Gasteiger partial charge in [-0.05, 0) is 43.5 Å². The molecule has 1 fully saturated rings. The van der Waals surface area contributed by atoms with Crippen LogP contribution in [0.4, 0.5) is 0 Å². The van der Waals surface area contributed by atoms with E-state index in [1.165, 1.54) is 18.2 Å². The van der Waals surface area contributed by atoms with Crippen molar-refractivity contribution in [3.8, 4) is 0 Å². The molecule has 2 rings (SSSR count). The maximum absolute atomic E-state index is 12.2. The van der Waals surface area contributed by atoms with Crippen molar-refractivity contribution in [3.63, 3.8) is 0 Å². The molecule has 118 valence electrons. The second-order valence-electron chi connectivity index (χ2n) is 5.27. The maximum Gasteiger partial charge on any atom is 0.335 e. The number of carbonyl (C=O) groups is 2. The molecule has 0 aromatic heterocycles. The van der Waals surface area contributed by atoms with Crippen LogP contribution in [0.3, 0.4) is 0 Å². The molecule has 1 aromatic rings. The minimum atomic E-state index is -0.958. The summed E-state index contributed by atoms with van der Waals surface area (Å²) in [4.78, 5) is 24.7. The van der Waals surface area contributed by atoms with E-state index in [1.807, 2.05) is 6.92 Å². The Balaban J connectivity index is 1.94. The molecule has 1 heterocycles. The minimum Gasteiger partial charge on any atom is -0.478 e. The van der Waals surface area contributed by atoms with Gasteiger partial charge < -0.3 is 14.7 Å². The zero-order chi connectivity index (χ0) is 15.9. The van der Waals surface area contributed by atoms with Crippen LogP contribution < -0.4 is 0 Å². The highest BCUT2D eigenvalue weighted by atomic mass is 16.5. The standard InChI is InChI=1S/C17H21NO4/c1-2-18(12-15-4-3-11-22-15)16(19)10-7-13-5-8-14(9-6-13)17(20)21/h5-10,15H,2-4,11-12H2,1H3,(H,20,21)/b10-7+. The summed E-state index contributed by atoms with van der Waals surface area (Å²) in [6.45, 7) is 3.99. The first-order valence-corrected chi connectivity index (χ1v) is 7.52. The van der Waals surface area contributed by atoms with Gasteiger partial charge in [0.2, 0.25) is 5.91 Å². The molecule has 1 N–H and O–H groups in total. The number of carboxylic acid groups (broad SMARTS) is 1. The lowest BCUT2D eigenvalue weighted by Crippen LogP contribution is -2.36. The largest absolute Gasteiger partial charge is 0.478 e. The SMILES string of the molecule is CCN(CC1CCCO1)C(=O)/C=C/c1ccc(C(=O)O)cc1. The smallest absolute Gasteiger partial charge is 0.335 e. The van der Waals surface area contributed by atoms with Gasteiger partial charge in [-0.25, -0.2) is 4.79 Å². The highest BCUT2D eigenvalue weighted by Gasteiger charge is 2.20. The van der Waals surface area contributed by atoms with Crippen molar-refractivity contribution in [2.75, 3.05) is 19.7 Å². The van der Waals surface area contributed by atoms with Crippen molar-refractivity contribution in [3.05, 3.63) is 41.5 Å².